The summed E-state index contributed by atoms with van der Waals surface area (Å²) in [5.74, 6) is 0.795. The highest BCUT2D eigenvalue weighted by Gasteiger charge is 2.04. The Labute approximate surface area is 104 Å². The zero-order chi connectivity index (χ0) is 12.6. The fraction of sp³-hybridized carbons (Fsp3) is 0.538. The van der Waals surface area contributed by atoms with Gasteiger partial charge in [-0.25, -0.2) is 0 Å². The molecule has 1 rings (SSSR count). The van der Waals surface area contributed by atoms with Crippen LogP contribution in [-0.4, -0.2) is 13.4 Å². The van der Waals surface area contributed by atoms with E-state index in [-0.39, 0.29) is 6.79 Å². The summed E-state index contributed by atoms with van der Waals surface area (Å²) in [5, 5.41) is 0.694. The van der Waals surface area contributed by atoms with Gasteiger partial charge in [-0.05, 0) is 44.0 Å². The predicted octanol–water partition coefficient (Wildman–Crippen LogP) is 4.36. The molecule has 0 N–H and O–H groups in total. The number of hydrogen-bond donors (Lipinski definition) is 0. The lowest BCUT2D eigenvalue weighted by Gasteiger charge is -2.11. The second-order valence-electron chi connectivity index (χ2n) is 3.10. The quantitative estimate of drug-likeness (QED) is 0.579. The molecule has 0 fully saturated rings. The zero-order valence-electron chi connectivity index (χ0n) is 10.8. The molecule has 1 aromatic carbocycles. The maximum atomic E-state index is 5.91. The lowest BCUT2D eigenvalue weighted by molar-refractivity contribution is 0.0220. The molecule has 0 radical (unpaired) electrons. The Morgan fingerprint density at radius 3 is 2.38 bits per heavy atom. The van der Waals surface area contributed by atoms with Gasteiger partial charge in [0.25, 0.3) is 0 Å². The summed E-state index contributed by atoms with van der Waals surface area (Å²) in [4.78, 5) is 0. The second kappa shape index (κ2) is 8.43. The van der Waals surface area contributed by atoms with E-state index in [1.54, 1.807) is 0 Å². The van der Waals surface area contributed by atoms with E-state index in [1.165, 1.54) is 0 Å². The molecule has 0 bridgehead atoms. The van der Waals surface area contributed by atoms with Crippen molar-refractivity contribution < 1.29 is 9.47 Å². The van der Waals surface area contributed by atoms with Crippen LogP contribution in [0.4, 0.5) is 0 Å². The molecule has 3 heteroatoms. The highest BCUT2D eigenvalue weighted by molar-refractivity contribution is 6.30. The summed E-state index contributed by atoms with van der Waals surface area (Å²) >= 11 is 5.91. The van der Waals surface area contributed by atoms with Crippen molar-refractivity contribution in [1.82, 2.24) is 0 Å². The van der Waals surface area contributed by atoms with Crippen molar-refractivity contribution in [2.24, 2.45) is 0 Å². The van der Waals surface area contributed by atoms with Crippen molar-refractivity contribution in [3.63, 3.8) is 0 Å². The van der Waals surface area contributed by atoms with Crippen LogP contribution in [0, 0.1) is 13.8 Å². The van der Waals surface area contributed by atoms with Crippen LogP contribution in [0.25, 0.3) is 0 Å². The molecule has 0 spiro atoms. The molecule has 0 atom stereocenters. The van der Waals surface area contributed by atoms with Gasteiger partial charge in [0.1, 0.15) is 5.75 Å². The van der Waals surface area contributed by atoms with Gasteiger partial charge in [0.05, 0.1) is 0 Å². The van der Waals surface area contributed by atoms with Crippen LogP contribution in [0.3, 0.4) is 0 Å². The number of rotatable bonds is 4. The van der Waals surface area contributed by atoms with E-state index >= 15 is 0 Å². The molecule has 0 unspecified atom stereocenters. The number of halogens is 1. The molecule has 16 heavy (non-hydrogen) atoms. The van der Waals surface area contributed by atoms with Crippen molar-refractivity contribution in [2.75, 3.05) is 13.4 Å². The number of benzene rings is 1. The van der Waals surface area contributed by atoms with Crippen LogP contribution in [0.2, 0.25) is 5.02 Å². The van der Waals surface area contributed by atoms with Crippen molar-refractivity contribution in [1.29, 1.82) is 0 Å². The Balaban J connectivity index is 0.00000106. The van der Waals surface area contributed by atoms with Gasteiger partial charge < -0.3 is 9.47 Å². The lowest BCUT2D eigenvalue weighted by Crippen LogP contribution is -2.03. The second-order valence-corrected chi connectivity index (χ2v) is 3.54. The van der Waals surface area contributed by atoms with Gasteiger partial charge in [-0.1, -0.05) is 25.4 Å². The van der Waals surface area contributed by atoms with E-state index in [4.69, 9.17) is 21.1 Å². The van der Waals surface area contributed by atoms with Gasteiger partial charge >= 0.3 is 0 Å². The van der Waals surface area contributed by atoms with Gasteiger partial charge in [-0.15, -0.1) is 0 Å². The first-order chi connectivity index (χ1) is 7.65. The van der Waals surface area contributed by atoms with Gasteiger partial charge in [0.2, 0.25) is 0 Å². The van der Waals surface area contributed by atoms with Crippen LogP contribution in [0.1, 0.15) is 31.9 Å². The largest absolute Gasteiger partial charge is 0.467 e. The topological polar surface area (TPSA) is 18.5 Å². The third-order valence-electron chi connectivity index (χ3n) is 2.09. The molecule has 1 aromatic rings. The molecule has 0 aliphatic carbocycles. The maximum absolute atomic E-state index is 5.91. The standard InChI is InChI=1S/C11H15ClO2.C2H6/c1-4-13-7-14-11-6-10(12)5-8(2)9(11)3;1-2/h5-6H,4,7H2,1-3H3;1-2H3. The van der Waals surface area contributed by atoms with Crippen LogP contribution < -0.4 is 4.74 Å². The Hall–Kier alpha value is -0.730. The first-order valence-corrected chi connectivity index (χ1v) is 6.00. The monoisotopic (exact) mass is 244 g/mol. The molecule has 0 aliphatic rings. The summed E-state index contributed by atoms with van der Waals surface area (Å²) in [6, 6.07) is 3.73. The van der Waals surface area contributed by atoms with E-state index < -0.39 is 0 Å². The minimum atomic E-state index is 0.275. The zero-order valence-corrected chi connectivity index (χ0v) is 11.5. The molecular formula is C13H21ClO2. The van der Waals surface area contributed by atoms with E-state index in [0.29, 0.717) is 11.6 Å². The Kier molecular flexibility index (Phi) is 8.04. The molecule has 0 saturated carbocycles. The van der Waals surface area contributed by atoms with Gasteiger partial charge in [-0.2, -0.15) is 0 Å². The molecule has 2 nitrogen and oxygen atoms in total. The minimum Gasteiger partial charge on any atom is -0.467 e. The SMILES string of the molecule is CC.CCOCOc1cc(Cl)cc(C)c1C. The smallest absolute Gasteiger partial charge is 0.189 e. The van der Waals surface area contributed by atoms with Crippen molar-refractivity contribution >= 4 is 11.6 Å². The Bertz CT molecular complexity index is 311. The average Bonchev–Trinajstić information content (AvgIpc) is 2.28. The first-order valence-electron chi connectivity index (χ1n) is 5.62. The fourth-order valence-corrected chi connectivity index (χ4v) is 1.39. The Morgan fingerprint density at radius 1 is 1.19 bits per heavy atom. The van der Waals surface area contributed by atoms with Gasteiger partial charge in [0, 0.05) is 11.6 Å². The van der Waals surface area contributed by atoms with Crippen molar-refractivity contribution in [3.05, 3.63) is 28.3 Å². The van der Waals surface area contributed by atoms with Crippen molar-refractivity contribution in [3.8, 4) is 5.75 Å². The highest BCUT2D eigenvalue weighted by atomic mass is 35.5. The third-order valence-corrected chi connectivity index (χ3v) is 2.30. The highest BCUT2D eigenvalue weighted by Crippen LogP contribution is 2.26. The molecule has 0 aliphatic heterocycles. The van der Waals surface area contributed by atoms with Crippen LogP contribution in [0.5, 0.6) is 5.75 Å². The van der Waals surface area contributed by atoms with Crippen LogP contribution in [-0.2, 0) is 4.74 Å². The summed E-state index contributed by atoms with van der Waals surface area (Å²) in [7, 11) is 0. The number of aryl methyl sites for hydroxylation is 1. The molecule has 92 valence electrons. The summed E-state index contributed by atoms with van der Waals surface area (Å²) in [6.07, 6.45) is 0. The van der Waals surface area contributed by atoms with E-state index in [2.05, 4.69) is 0 Å². The van der Waals surface area contributed by atoms with E-state index in [9.17, 15) is 0 Å². The third kappa shape index (κ3) is 4.86. The van der Waals surface area contributed by atoms with Gasteiger partial charge in [-0.3, -0.25) is 0 Å². The van der Waals surface area contributed by atoms with Crippen molar-refractivity contribution in [2.45, 2.75) is 34.6 Å². The molecule has 0 saturated heterocycles. The summed E-state index contributed by atoms with van der Waals surface area (Å²) < 4.78 is 10.5. The summed E-state index contributed by atoms with van der Waals surface area (Å²) in [6.45, 7) is 10.9. The molecule has 0 amide bonds. The number of hydrogen-bond acceptors (Lipinski definition) is 2. The van der Waals surface area contributed by atoms with Crippen LogP contribution >= 0.6 is 11.6 Å². The lowest BCUT2D eigenvalue weighted by atomic mass is 10.1. The summed E-state index contributed by atoms with van der Waals surface area (Å²) in [5.41, 5.74) is 2.23. The predicted molar refractivity (Wildman–Crippen MR) is 69.4 cm³/mol. The molecule has 0 heterocycles. The molecular weight excluding hydrogens is 224 g/mol. The van der Waals surface area contributed by atoms with Crippen LogP contribution in [0.15, 0.2) is 12.1 Å². The Morgan fingerprint density at radius 2 is 1.81 bits per heavy atom. The van der Waals surface area contributed by atoms with Gasteiger partial charge in [0.15, 0.2) is 6.79 Å². The number of ether oxygens (including phenoxy) is 2. The molecule has 0 aromatic heterocycles. The van der Waals surface area contributed by atoms with E-state index in [1.807, 2.05) is 46.8 Å². The minimum absolute atomic E-state index is 0.275. The van der Waals surface area contributed by atoms with E-state index in [0.717, 1.165) is 16.9 Å². The first kappa shape index (κ1) is 15.3. The fourth-order valence-electron chi connectivity index (χ4n) is 1.12. The average molecular weight is 245 g/mol. The normalized spacial score (nSPS) is 9.38. The maximum Gasteiger partial charge on any atom is 0.189 e.